The number of hydrogen-bond donors (Lipinski definition) is 1. The molecular formula is C14H15N3O3. The molecule has 1 aromatic carbocycles. The van der Waals surface area contributed by atoms with Crippen LogP contribution in [0.15, 0.2) is 28.7 Å². The summed E-state index contributed by atoms with van der Waals surface area (Å²) in [4.78, 5) is 23.0. The third-order valence-electron chi connectivity index (χ3n) is 2.69. The Balaban J connectivity index is 1.91. The Bertz CT molecular complexity index is 634. The van der Waals surface area contributed by atoms with Gasteiger partial charge in [-0.3, -0.25) is 9.59 Å². The molecule has 0 fully saturated rings. The van der Waals surface area contributed by atoms with E-state index in [-0.39, 0.29) is 18.1 Å². The van der Waals surface area contributed by atoms with Crippen LogP contribution >= 0.6 is 0 Å². The smallest absolute Gasteiger partial charge is 0.224 e. The third kappa shape index (κ3) is 3.74. The molecule has 2 aromatic rings. The molecule has 1 heterocycles. The number of ketones is 1. The van der Waals surface area contributed by atoms with Crippen LogP contribution in [0, 0.1) is 6.92 Å². The van der Waals surface area contributed by atoms with Crippen molar-refractivity contribution in [3.63, 3.8) is 0 Å². The maximum Gasteiger partial charge on any atom is 0.224 e. The fourth-order valence-corrected chi connectivity index (χ4v) is 1.70. The van der Waals surface area contributed by atoms with Crippen LogP contribution < -0.4 is 5.32 Å². The van der Waals surface area contributed by atoms with Crippen LogP contribution in [-0.2, 0) is 11.2 Å². The first-order valence-corrected chi connectivity index (χ1v) is 6.24. The van der Waals surface area contributed by atoms with Crippen LogP contribution in [0.3, 0.4) is 0 Å². The summed E-state index contributed by atoms with van der Waals surface area (Å²) in [6, 6.07) is 6.82. The number of anilines is 1. The molecule has 0 bridgehead atoms. The van der Waals surface area contributed by atoms with E-state index in [1.165, 1.54) is 6.92 Å². The van der Waals surface area contributed by atoms with Gasteiger partial charge in [-0.15, -0.1) is 10.2 Å². The molecule has 0 unspecified atom stereocenters. The Morgan fingerprint density at radius 2 is 2.10 bits per heavy atom. The normalized spacial score (nSPS) is 10.3. The van der Waals surface area contributed by atoms with E-state index in [9.17, 15) is 9.59 Å². The minimum atomic E-state index is -0.165. The topological polar surface area (TPSA) is 85.1 Å². The van der Waals surface area contributed by atoms with Gasteiger partial charge in [0.15, 0.2) is 5.78 Å². The van der Waals surface area contributed by atoms with Gasteiger partial charge in [0.05, 0.1) is 0 Å². The molecule has 20 heavy (non-hydrogen) atoms. The average molecular weight is 273 g/mol. The number of aromatic nitrogens is 2. The van der Waals surface area contributed by atoms with Gasteiger partial charge in [-0.2, -0.15) is 0 Å². The van der Waals surface area contributed by atoms with Crippen molar-refractivity contribution in [3.8, 4) is 0 Å². The largest absolute Gasteiger partial charge is 0.426 e. The van der Waals surface area contributed by atoms with Crippen molar-refractivity contribution < 1.29 is 14.0 Å². The summed E-state index contributed by atoms with van der Waals surface area (Å²) < 4.78 is 5.19. The van der Waals surface area contributed by atoms with Crippen molar-refractivity contribution >= 4 is 17.4 Å². The van der Waals surface area contributed by atoms with Crippen molar-refractivity contribution in [2.75, 3.05) is 5.32 Å². The molecule has 0 aliphatic carbocycles. The molecule has 6 heteroatoms. The van der Waals surface area contributed by atoms with E-state index in [4.69, 9.17) is 4.42 Å². The van der Waals surface area contributed by atoms with E-state index in [1.54, 1.807) is 31.2 Å². The van der Waals surface area contributed by atoms with Crippen molar-refractivity contribution in [1.29, 1.82) is 0 Å². The van der Waals surface area contributed by atoms with E-state index in [0.29, 0.717) is 29.5 Å². The number of rotatable bonds is 5. The zero-order valence-corrected chi connectivity index (χ0v) is 11.3. The summed E-state index contributed by atoms with van der Waals surface area (Å²) in [5, 5.41) is 10.2. The van der Waals surface area contributed by atoms with Gasteiger partial charge < -0.3 is 9.73 Å². The van der Waals surface area contributed by atoms with Crippen molar-refractivity contribution in [3.05, 3.63) is 41.6 Å². The van der Waals surface area contributed by atoms with E-state index < -0.39 is 0 Å². The van der Waals surface area contributed by atoms with Crippen molar-refractivity contribution in [2.24, 2.45) is 0 Å². The summed E-state index contributed by atoms with van der Waals surface area (Å²) in [5.74, 6) is 0.716. The molecule has 0 aliphatic rings. The lowest BCUT2D eigenvalue weighted by atomic mass is 10.1. The number of benzene rings is 1. The van der Waals surface area contributed by atoms with Gasteiger partial charge in [0, 0.05) is 31.0 Å². The number of nitrogens with zero attached hydrogens (tertiary/aromatic N) is 2. The molecule has 2 rings (SSSR count). The lowest BCUT2D eigenvalue weighted by molar-refractivity contribution is -0.116. The highest BCUT2D eigenvalue weighted by molar-refractivity contribution is 5.97. The minimum absolute atomic E-state index is 0.0394. The quantitative estimate of drug-likeness (QED) is 0.844. The predicted molar refractivity (Wildman–Crippen MR) is 72.4 cm³/mol. The summed E-state index contributed by atoms with van der Waals surface area (Å²) in [6.45, 7) is 3.18. The van der Waals surface area contributed by atoms with Gasteiger partial charge in [0.25, 0.3) is 0 Å². The number of amides is 1. The van der Waals surface area contributed by atoms with Crippen LogP contribution in [0.1, 0.15) is 35.5 Å². The molecule has 104 valence electrons. The van der Waals surface area contributed by atoms with E-state index in [1.807, 2.05) is 0 Å². The molecule has 1 N–H and O–H groups in total. The summed E-state index contributed by atoms with van der Waals surface area (Å²) in [5.41, 5.74) is 1.17. The molecular weight excluding hydrogens is 258 g/mol. The molecule has 1 amide bonds. The van der Waals surface area contributed by atoms with Gasteiger partial charge in [-0.1, -0.05) is 12.1 Å². The van der Waals surface area contributed by atoms with Crippen LogP contribution in [0.4, 0.5) is 5.69 Å². The highest BCUT2D eigenvalue weighted by Gasteiger charge is 2.08. The summed E-state index contributed by atoms with van der Waals surface area (Å²) >= 11 is 0. The molecule has 0 radical (unpaired) electrons. The van der Waals surface area contributed by atoms with Crippen molar-refractivity contribution in [2.45, 2.75) is 26.7 Å². The average Bonchev–Trinajstić information content (AvgIpc) is 2.82. The SMILES string of the molecule is CC(=O)c1cccc(NC(=O)CCc2nnc(C)o2)c1. The number of nitrogens with one attached hydrogen (secondary N) is 1. The Morgan fingerprint density at radius 1 is 1.30 bits per heavy atom. The van der Waals surface area contributed by atoms with Crippen LogP contribution in [0.25, 0.3) is 0 Å². The predicted octanol–water partition coefficient (Wildman–Crippen LogP) is 2.15. The van der Waals surface area contributed by atoms with Gasteiger partial charge in [0.1, 0.15) is 0 Å². The number of aryl methyl sites for hydroxylation is 2. The standard InChI is InChI=1S/C14H15N3O3/c1-9(18)11-4-3-5-12(8-11)15-13(19)6-7-14-17-16-10(2)20-14/h3-5,8H,6-7H2,1-2H3,(H,15,19). The fraction of sp³-hybridized carbons (Fsp3) is 0.286. The van der Waals surface area contributed by atoms with E-state index >= 15 is 0 Å². The van der Waals surface area contributed by atoms with Crippen LogP contribution in [0.5, 0.6) is 0 Å². The molecule has 0 saturated carbocycles. The second kappa shape index (κ2) is 6.10. The Kier molecular flexibility index (Phi) is 4.24. The Morgan fingerprint density at radius 3 is 2.75 bits per heavy atom. The summed E-state index contributed by atoms with van der Waals surface area (Å²) in [6.07, 6.45) is 0.630. The molecule has 6 nitrogen and oxygen atoms in total. The maximum absolute atomic E-state index is 11.8. The first-order chi connectivity index (χ1) is 9.54. The monoisotopic (exact) mass is 273 g/mol. The summed E-state index contributed by atoms with van der Waals surface area (Å²) in [7, 11) is 0. The number of hydrogen-bond acceptors (Lipinski definition) is 5. The van der Waals surface area contributed by atoms with Gasteiger partial charge in [-0.25, -0.2) is 0 Å². The number of carbonyl (C=O) groups excluding carboxylic acids is 2. The zero-order valence-electron chi connectivity index (χ0n) is 11.3. The zero-order chi connectivity index (χ0) is 14.5. The van der Waals surface area contributed by atoms with Gasteiger partial charge in [0.2, 0.25) is 17.7 Å². The van der Waals surface area contributed by atoms with E-state index in [2.05, 4.69) is 15.5 Å². The Hall–Kier alpha value is -2.50. The molecule has 0 saturated heterocycles. The lowest BCUT2D eigenvalue weighted by Crippen LogP contribution is -2.12. The second-order valence-electron chi connectivity index (χ2n) is 4.40. The van der Waals surface area contributed by atoms with Gasteiger partial charge in [-0.05, 0) is 19.1 Å². The lowest BCUT2D eigenvalue weighted by Gasteiger charge is -2.05. The number of Topliss-reactive ketones (excluding diaryl/α,β-unsaturated/α-hetero) is 1. The first kappa shape index (κ1) is 13.9. The molecule has 0 atom stereocenters. The van der Waals surface area contributed by atoms with E-state index in [0.717, 1.165) is 0 Å². The molecule has 0 aliphatic heterocycles. The third-order valence-corrected chi connectivity index (χ3v) is 2.69. The highest BCUT2D eigenvalue weighted by Crippen LogP contribution is 2.12. The number of carbonyl (C=O) groups is 2. The first-order valence-electron chi connectivity index (χ1n) is 6.24. The second-order valence-corrected chi connectivity index (χ2v) is 4.40. The van der Waals surface area contributed by atoms with Crippen LogP contribution in [-0.4, -0.2) is 21.9 Å². The highest BCUT2D eigenvalue weighted by atomic mass is 16.4. The Labute approximate surface area is 116 Å². The minimum Gasteiger partial charge on any atom is -0.426 e. The van der Waals surface area contributed by atoms with Crippen molar-refractivity contribution in [1.82, 2.24) is 10.2 Å². The fourth-order valence-electron chi connectivity index (χ4n) is 1.70. The van der Waals surface area contributed by atoms with Gasteiger partial charge >= 0.3 is 0 Å². The molecule has 0 spiro atoms. The van der Waals surface area contributed by atoms with Crippen LogP contribution in [0.2, 0.25) is 0 Å². The maximum atomic E-state index is 11.8. The molecule has 1 aromatic heterocycles.